The van der Waals surface area contributed by atoms with Crippen LogP contribution in [0.2, 0.25) is 0 Å². The number of fused-ring (bicyclic) bond motifs is 3. The minimum Gasteiger partial charge on any atom is -0.497 e. The molecule has 3 aromatic carbocycles. The molecule has 34 heavy (non-hydrogen) atoms. The summed E-state index contributed by atoms with van der Waals surface area (Å²) in [6.07, 6.45) is 4.65. The predicted molar refractivity (Wildman–Crippen MR) is 137 cm³/mol. The van der Waals surface area contributed by atoms with Gasteiger partial charge in [-0.2, -0.15) is 0 Å². The van der Waals surface area contributed by atoms with Crippen LogP contribution in [0.5, 0.6) is 17.2 Å². The monoisotopic (exact) mass is 460 g/mol. The third-order valence-electron chi connectivity index (χ3n) is 7.62. The summed E-state index contributed by atoms with van der Waals surface area (Å²) < 4.78 is 16.7. The molecule has 5 nitrogen and oxygen atoms in total. The van der Waals surface area contributed by atoms with Crippen LogP contribution >= 0.6 is 0 Å². The summed E-state index contributed by atoms with van der Waals surface area (Å²) in [7, 11) is 4.02. The molecule has 3 aromatic rings. The average molecular weight is 461 g/mol. The van der Waals surface area contributed by atoms with Crippen molar-refractivity contribution in [2.75, 3.05) is 34.0 Å². The molecule has 2 aliphatic rings. The molecule has 0 spiro atoms. The van der Waals surface area contributed by atoms with Gasteiger partial charge in [-0.05, 0) is 90.5 Å². The van der Waals surface area contributed by atoms with E-state index in [0.29, 0.717) is 19.0 Å². The Morgan fingerprint density at radius 1 is 0.882 bits per heavy atom. The maximum atomic E-state index is 5.63. The maximum Gasteiger partial charge on any atom is 0.231 e. The lowest BCUT2D eigenvalue weighted by atomic mass is 9.98. The van der Waals surface area contributed by atoms with Crippen LogP contribution in [-0.4, -0.2) is 50.0 Å². The lowest BCUT2D eigenvalue weighted by Crippen LogP contribution is -2.48. The van der Waals surface area contributed by atoms with Gasteiger partial charge in [0.15, 0.2) is 11.5 Å². The third kappa shape index (κ3) is 4.35. The van der Waals surface area contributed by atoms with Gasteiger partial charge in [0.05, 0.1) is 13.3 Å². The largest absolute Gasteiger partial charge is 0.497 e. The smallest absolute Gasteiger partial charge is 0.231 e. The van der Waals surface area contributed by atoms with Gasteiger partial charge in [0.2, 0.25) is 6.79 Å². The number of benzene rings is 3. The van der Waals surface area contributed by atoms with Crippen LogP contribution in [0.25, 0.3) is 10.8 Å². The molecule has 0 radical (unpaired) electrons. The van der Waals surface area contributed by atoms with Crippen molar-refractivity contribution >= 4 is 10.8 Å². The standard InChI is InChI=1S/C29H36N2O3/c1-5-26(24-8-7-21-16-25(32-4)10-9-20(21)15-24)30(3)29(6-2)31-13-11-22-17-27-28(34-19-33-27)18-23(22)12-14-31/h7-10,15-18,26,29H,5-6,11-14,19H2,1-4H3. The Bertz CT molecular complexity index is 1130. The van der Waals surface area contributed by atoms with Gasteiger partial charge < -0.3 is 14.2 Å². The summed E-state index contributed by atoms with van der Waals surface area (Å²) in [5.74, 6) is 2.70. The number of ether oxygens (including phenoxy) is 3. The molecule has 0 saturated carbocycles. The van der Waals surface area contributed by atoms with Gasteiger partial charge in [-0.1, -0.05) is 32.0 Å². The van der Waals surface area contributed by atoms with Crippen molar-refractivity contribution in [3.05, 3.63) is 65.2 Å². The van der Waals surface area contributed by atoms with E-state index < -0.39 is 0 Å². The van der Waals surface area contributed by atoms with Crippen LogP contribution in [0, 0.1) is 0 Å². The van der Waals surface area contributed by atoms with E-state index in [1.165, 1.54) is 27.5 Å². The van der Waals surface area contributed by atoms with E-state index in [9.17, 15) is 0 Å². The summed E-state index contributed by atoms with van der Waals surface area (Å²) in [6.45, 7) is 7.07. The molecule has 180 valence electrons. The molecular weight excluding hydrogens is 424 g/mol. The van der Waals surface area contributed by atoms with E-state index in [1.54, 1.807) is 7.11 Å². The highest BCUT2D eigenvalue weighted by Crippen LogP contribution is 2.37. The fourth-order valence-corrected chi connectivity index (χ4v) is 5.78. The summed E-state index contributed by atoms with van der Waals surface area (Å²) in [5.41, 5.74) is 4.19. The first-order valence-electron chi connectivity index (χ1n) is 12.6. The molecule has 0 fully saturated rings. The Morgan fingerprint density at radius 3 is 2.15 bits per heavy atom. The van der Waals surface area contributed by atoms with E-state index in [2.05, 4.69) is 73.2 Å². The summed E-state index contributed by atoms with van der Waals surface area (Å²) >= 11 is 0. The van der Waals surface area contributed by atoms with Crippen molar-refractivity contribution in [1.82, 2.24) is 9.80 Å². The Morgan fingerprint density at radius 2 is 1.53 bits per heavy atom. The molecule has 2 aliphatic heterocycles. The van der Waals surface area contributed by atoms with Gasteiger partial charge in [-0.25, -0.2) is 0 Å². The summed E-state index contributed by atoms with van der Waals surface area (Å²) in [4.78, 5) is 5.26. The minimum atomic E-state index is 0.341. The van der Waals surface area contributed by atoms with Gasteiger partial charge in [-0.3, -0.25) is 9.80 Å². The van der Waals surface area contributed by atoms with Crippen LogP contribution in [0.15, 0.2) is 48.5 Å². The number of hydrogen-bond acceptors (Lipinski definition) is 5. The van der Waals surface area contributed by atoms with Crippen molar-refractivity contribution in [3.63, 3.8) is 0 Å². The second-order valence-electron chi connectivity index (χ2n) is 9.46. The first kappa shape index (κ1) is 23.0. The molecule has 0 amide bonds. The quantitative estimate of drug-likeness (QED) is 0.445. The number of nitrogens with zero attached hydrogens (tertiary/aromatic N) is 2. The van der Waals surface area contributed by atoms with Crippen LogP contribution in [0.1, 0.15) is 49.4 Å². The fourth-order valence-electron chi connectivity index (χ4n) is 5.78. The predicted octanol–water partition coefficient (Wildman–Crippen LogP) is 5.80. The molecule has 2 unspecified atom stereocenters. The van der Waals surface area contributed by atoms with E-state index in [-0.39, 0.29) is 0 Å². The van der Waals surface area contributed by atoms with E-state index >= 15 is 0 Å². The van der Waals surface area contributed by atoms with Gasteiger partial charge in [0, 0.05) is 19.1 Å². The van der Waals surface area contributed by atoms with Crippen molar-refractivity contribution in [2.45, 2.75) is 51.7 Å². The number of rotatable bonds is 7. The van der Waals surface area contributed by atoms with Crippen molar-refractivity contribution in [3.8, 4) is 17.2 Å². The van der Waals surface area contributed by atoms with Crippen LogP contribution in [0.4, 0.5) is 0 Å². The zero-order valence-electron chi connectivity index (χ0n) is 20.8. The molecule has 0 aromatic heterocycles. The molecular formula is C29H36N2O3. The fraction of sp³-hybridized carbons (Fsp3) is 0.448. The topological polar surface area (TPSA) is 34.2 Å². The summed E-state index contributed by atoms with van der Waals surface area (Å²) in [5, 5.41) is 2.48. The second-order valence-corrected chi connectivity index (χ2v) is 9.46. The Balaban J connectivity index is 1.35. The summed E-state index contributed by atoms with van der Waals surface area (Å²) in [6, 6.07) is 18.0. The maximum absolute atomic E-state index is 5.63. The Kier molecular flexibility index (Phi) is 6.66. The molecule has 0 aliphatic carbocycles. The van der Waals surface area contributed by atoms with Crippen molar-refractivity contribution in [1.29, 1.82) is 0 Å². The third-order valence-corrected chi connectivity index (χ3v) is 7.62. The van der Waals surface area contributed by atoms with E-state index in [0.717, 1.165) is 56.0 Å². The molecule has 5 heteroatoms. The number of methoxy groups -OCH3 is 1. The SMILES string of the molecule is CCC(c1ccc2cc(OC)ccc2c1)N(C)C(CC)N1CCc2cc3c(cc2CC1)OCO3. The van der Waals surface area contributed by atoms with E-state index in [1.807, 2.05) is 6.07 Å². The van der Waals surface area contributed by atoms with Crippen molar-refractivity contribution < 1.29 is 14.2 Å². The average Bonchev–Trinajstić information content (AvgIpc) is 3.23. The molecule has 0 N–H and O–H groups in total. The molecule has 0 bridgehead atoms. The zero-order chi connectivity index (χ0) is 23.7. The molecule has 0 saturated heterocycles. The zero-order valence-corrected chi connectivity index (χ0v) is 20.8. The first-order valence-corrected chi connectivity index (χ1v) is 12.6. The lowest BCUT2D eigenvalue weighted by molar-refractivity contribution is 0.0288. The number of hydrogen-bond donors (Lipinski definition) is 0. The van der Waals surface area contributed by atoms with Crippen LogP contribution in [0.3, 0.4) is 0 Å². The van der Waals surface area contributed by atoms with Crippen molar-refractivity contribution in [2.24, 2.45) is 0 Å². The normalized spacial score (nSPS) is 17.4. The first-order chi connectivity index (χ1) is 16.6. The highest BCUT2D eigenvalue weighted by molar-refractivity contribution is 5.84. The van der Waals surface area contributed by atoms with E-state index in [4.69, 9.17) is 14.2 Å². The second kappa shape index (κ2) is 9.85. The molecule has 2 heterocycles. The van der Waals surface area contributed by atoms with Crippen LogP contribution in [-0.2, 0) is 12.8 Å². The molecule has 5 rings (SSSR count). The molecule has 2 atom stereocenters. The minimum absolute atomic E-state index is 0.341. The van der Waals surface area contributed by atoms with Gasteiger partial charge in [-0.15, -0.1) is 0 Å². The Labute approximate surface area is 203 Å². The van der Waals surface area contributed by atoms with Crippen LogP contribution < -0.4 is 14.2 Å². The Hall–Kier alpha value is -2.76. The van der Waals surface area contributed by atoms with Gasteiger partial charge in [0.1, 0.15) is 5.75 Å². The highest BCUT2D eigenvalue weighted by Gasteiger charge is 2.29. The van der Waals surface area contributed by atoms with Gasteiger partial charge >= 0.3 is 0 Å². The highest BCUT2D eigenvalue weighted by atomic mass is 16.7. The lowest BCUT2D eigenvalue weighted by Gasteiger charge is -2.41. The van der Waals surface area contributed by atoms with Gasteiger partial charge in [0.25, 0.3) is 0 Å².